The lowest BCUT2D eigenvalue weighted by atomic mass is 10.3. The lowest BCUT2D eigenvalue weighted by molar-refractivity contribution is 0.125. The van der Waals surface area contributed by atoms with Gasteiger partial charge in [-0.05, 0) is 12.8 Å². The number of hydrogen-bond donors (Lipinski definition) is 2. The van der Waals surface area contributed by atoms with Crippen molar-refractivity contribution in [1.29, 1.82) is 0 Å². The van der Waals surface area contributed by atoms with Crippen LogP contribution in [0.2, 0.25) is 0 Å². The summed E-state index contributed by atoms with van der Waals surface area (Å²) in [7, 11) is -2.18. The van der Waals surface area contributed by atoms with Crippen molar-refractivity contribution >= 4 is 8.25 Å². The molecule has 0 bridgehead atoms. The van der Waals surface area contributed by atoms with Gasteiger partial charge in [-0.25, -0.2) is 0 Å². The summed E-state index contributed by atoms with van der Waals surface area (Å²) in [6.45, 7) is 3.94. The summed E-state index contributed by atoms with van der Waals surface area (Å²) in [5.74, 6) is 0. The summed E-state index contributed by atoms with van der Waals surface area (Å²) in [6, 6.07) is 0. The molecule has 0 heterocycles. The zero-order valence-electron chi connectivity index (χ0n) is 8.81. The maximum Gasteiger partial charge on any atom is 0.700 e. The lowest BCUT2D eigenvalue weighted by Crippen LogP contribution is -2.24. The Morgan fingerprint density at radius 1 is 1.07 bits per heavy atom. The SMILES string of the molecule is CCCC(N)O[P+](=O)OC(N)CCC. The van der Waals surface area contributed by atoms with Crippen molar-refractivity contribution in [2.24, 2.45) is 11.5 Å². The van der Waals surface area contributed by atoms with Gasteiger partial charge in [-0.1, -0.05) is 26.7 Å². The monoisotopic (exact) mass is 223 g/mol. The number of rotatable bonds is 8. The summed E-state index contributed by atoms with van der Waals surface area (Å²) >= 11 is 0. The van der Waals surface area contributed by atoms with Crippen LogP contribution in [0.25, 0.3) is 0 Å². The van der Waals surface area contributed by atoms with E-state index >= 15 is 0 Å². The normalized spacial score (nSPS) is 16.4. The summed E-state index contributed by atoms with van der Waals surface area (Å²) in [6.07, 6.45) is 2.02. The van der Waals surface area contributed by atoms with Crippen LogP contribution >= 0.6 is 8.25 Å². The first-order valence-corrected chi connectivity index (χ1v) is 6.01. The molecule has 0 rings (SSSR count). The molecule has 84 valence electrons. The van der Waals surface area contributed by atoms with Crippen LogP contribution in [0, 0.1) is 0 Å². The van der Waals surface area contributed by atoms with Gasteiger partial charge in [-0.3, -0.25) is 0 Å². The van der Waals surface area contributed by atoms with Gasteiger partial charge in [-0.15, -0.1) is 9.05 Å². The molecule has 0 fully saturated rings. The predicted octanol–water partition coefficient (Wildman–Crippen LogP) is 1.85. The van der Waals surface area contributed by atoms with E-state index < -0.39 is 20.7 Å². The summed E-state index contributed by atoms with van der Waals surface area (Å²) in [5.41, 5.74) is 11.0. The third-order valence-corrected chi connectivity index (χ3v) is 2.48. The molecule has 0 aliphatic heterocycles. The van der Waals surface area contributed by atoms with Crippen molar-refractivity contribution in [3.8, 4) is 0 Å². The molecule has 0 aromatic rings. The van der Waals surface area contributed by atoms with Gasteiger partial charge in [0, 0.05) is 4.57 Å². The summed E-state index contributed by atoms with van der Waals surface area (Å²) < 4.78 is 20.9. The molecular formula is C8H20N2O3P+. The van der Waals surface area contributed by atoms with Gasteiger partial charge in [0.1, 0.15) is 0 Å². The summed E-state index contributed by atoms with van der Waals surface area (Å²) in [4.78, 5) is 0. The molecular weight excluding hydrogens is 203 g/mol. The molecule has 4 N–H and O–H groups in total. The van der Waals surface area contributed by atoms with E-state index in [1.807, 2.05) is 13.8 Å². The van der Waals surface area contributed by atoms with Crippen LogP contribution in [0.4, 0.5) is 0 Å². The molecule has 0 spiro atoms. The highest BCUT2D eigenvalue weighted by Gasteiger charge is 2.27. The zero-order valence-corrected chi connectivity index (χ0v) is 9.70. The van der Waals surface area contributed by atoms with Gasteiger partial charge in [0.15, 0.2) is 12.5 Å². The van der Waals surface area contributed by atoms with Crippen molar-refractivity contribution in [1.82, 2.24) is 0 Å². The Bertz CT molecular complexity index is 153. The van der Waals surface area contributed by atoms with Crippen LogP contribution in [-0.4, -0.2) is 12.5 Å². The van der Waals surface area contributed by atoms with Crippen LogP contribution in [0.1, 0.15) is 39.5 Å². The molecule has 0 amide bonds. The molecule has 14 heavy (non-hydrogen) atoms. The fourth-order valence-corrected chi connectivity index (χ4v) is 1.62. The lowest BCUT2D eigenvalue weighted by Gasteiger charge is -2.03. The van der Waals surface area contributed by atoms with Crippen LogP contribution in [0.3, 0.4) is 0 Å². The first-order valence-electron chi connectivity index (χ1n) is 4.92. The highest BCUT2D eigenvalue weighted by molar-refractivity contribution is 7.33. The topological polar surface area (TPSA) is 87.6 Å². The molecule has 0 saturated heterocycles. The van der Waals surface area contributed by atoms with Gasteiger partial charge >= 0.3 is 8.25 Å². The second-order valence-electron chi connectivity index (χ2n) is 3.09. The Morgan fingerprint density at radius 3 is 1.71 bits per heavy atom. The zero-order chi connectivity index (χ0) is 11.0. The van der Waals surface area contributed by atoms with E-state index in [0.29, 0.717) is 12.8 Å². The van der Waals surface area contributed by atoms with E-state index in [-0.39, 0.29) is 0 Å². The third kappa shape index (κ3) is 7.35. The highest BCUT2D eigenvalue weighted by Crippen LogP contribution is 2.27. The van der Waals surface area contributed by atoms with Crippen LogP contribution in [-0.2, 0) is 13.6 Å². The highest BCUT2D eigenvalue weighted by atomic mass is 31.1. The van der Waals surface area contributed by atoms with Crippen LogP contribution < -0.4 is 11.5 Å². The number of hydrogen-bond acceptors (Lipinski definition) is 5. The fraction of sp³-hybridized carbons (Fsp3) is 1.00. The Kier molecular flexibility index (Phi) is 8.23. The van der Waals surface area contributed by atoms with E-state index in [1.165, 1.54) is 0 Å². The van der Waals surface area contributed by atoms with Crippen molar-refractivity contribution in [2.75, 3.05) is 0 Å². The average Bonchev–Trinajstić information content (AvgIpc) is 2.03. The predicted molar refractivity (Wildman–Crippen MR) is 55.5 cm³/mol. The average molecular weight is 223 g/mol. The molecule has 0 aromatic carbocycles. The summed E-state index contributed by atoms with van der Waals surface area (Å²) in [5, 5.41) is 0. The van der Waals surface area contributed by atoms with Crippen molar-refractivity contribution in [3.05, 3.63) is 0 Å². The molecule has 0 radical (unpaired) electrons. The van der Waals surface area contributed by atoms with E-state index in [0.717, 1.165) is 12.8 Å². The molecule has 2 unspecified atom stereocenters. The maximum atomic E-state index is 11.2. The molecule has 0 aliphatic carbocycles. The van der Waals surface area contributed by atoms with Crippen LogP contribution in [0.5, 0.6) is 0 Å². The fourth-order valence-electron chi connectivity index (χ4n) is 0.920. The van der Waals surface area contributed by atoms with Crippen molar-refractivity contribution < 1.29 is 13.6 Å². The minimum Gasteiger partial charge on any atom is -0.302 e. The largest absolute Gasteiger partial charge is 0.700 e. The minimum atomic E-state index is -2.18. The molecule has 5 nitrogen and oxygen atoms in total. The maximum absolute atomic E-state index is 11.2. The molecule has 0 saturated carbocycles. The Hall–Kier alpha value is -0.0600. The van der Waals surface area contributed by atoms with Gasteiger partial charge < -0.3 is 11.5 Å². The van der Waals surface area contributed by atoms with E-state index in [4.69, 9.17) is 20.5 Å². The second kappa shape index (κ2) is 8.26. The van der Waals surface area contributed by atoms with Crippen LogP contribution in [0.15, 0.2) is 0 Å². The molecule has 0 aliphatic rings. The smallest absolute Gasteiger partial charge is 0.302 e. The van der Waals surface area contributed by atoms with Crippen molar-refractivity contribution in [3.63, 3.8) is 0 Å². The quantitative estimate of drug-likeness (QED) is 0.484. The standard InChI is InChI=1S/C8H20N2O3P/c1-3-5-7(9)12-14(11)13-8(10)6-4-2/h7-8H,3-6,9-10H2,1-2H3/q+1. The van der Waals surface area contributed by atoms with Crippen molar-refractivity contribution in [2.45, 2.75) is 52.0 Å². The first-order chi connectivity index (χ1) is 6.60. The van der Waals surface area contributed by atoms with E-state index in [1.54, 1.807) is 0 Å². The Balaban J connectivity index is 3.63. The Morgan fingerprint density at radius 2 is 1.43 bits per heavy atom. The number of nitrogens with two attached hydrogens (primary N) is 2. The van der Waals surface area contributed by atoms with Gasteiger partial charge in [0.25, 0.3) is 0 Å². The van der Waals surface area contributed by atoms with Gasteiger partial charge in [0.05, 0.1) is 0 Å². The molecule has 2 atom stereocenters. The van der Waals surface area contributed by atoms with E-state index in [9.17, 15) is 4.57 Å². The third-order valence-electron chi connectivity index (χ3n) is 1.59. The Labute approximate surface area is 86.1 Å². The molecule has 0 aromatic heterocycles. The molecule has 6 heteroatoms. The first kappa shape index (κ1) is 13.9. The van der Waals surface area contributed by atoms with E-state index in [2.05, 4.69) is 0 Å². The van der Waals surface area contributed by atoms with Gasteiger partial charge in [-0.2, -0.15) is 0 Å². The minimum absolute atomic E-state index is 0.530. The van der Waals surface area contributed by atoms with Gasteiger partial charge in [0.2, 0.25) is 0 Å². The second-order valence-corrected chi connectivity index (χ2v) is 3.96.